The number of alkyl halides is 1. The van der Waals surface area contributed by atoms with E-state index in [0.29, 0.717) is 79.2 Å². The largest absolute Gasteiger partial charge is 0.444 e. The van der Waals surface area contributed by atoms with Crippen LogP contribution in [-0.2, 0) is 33.2 Å². The molecule has 0 unspecified atom stereocenters. The molecule has 0 fully saturated rings. The lowest BCUT2D eigenvalue weighted by molar-refractivity contribution is -0.0167. The predicted molar refractivity (Wildman–Crippen MR) is 137 cm³/mol. The molecular weight excluding hydrogens is 545 g/mol. The molecule has 0 rings (SSSR count). The smallest absolute Gasteiger partial charge is 0.407 e. The first-order chi connectivity index (χ1) is 16.0. The van der Waals surface area contributed by atoms with Gasteiger partial charge in [-0.1, -0.05) is 35.4 Å². The van der Waals surface area contributed by atoms with Crippen LogP contribution in [0.1, 0.15) is 46.5 Å². The average molecular weight is 592 g/mol. The van der Waals surface area contributed by atoms with Crippen LogP contribution in [0.5, 0.6) is 0 Å². The number of halogens is 1. The molecule has 33 heavy (non-hydrogen) atoms. The molecule has 1 amide bonds. The summed E-state index contributed by atoms with van der Waals surface area (Å²) in [6.07, 6.45) is 4.54. The molecule has 198 valence electrons. The van der Waals surface area contributed by atoms with Gasteiger partial charge in [-0.25, -0.2) is 4.79 Å². The summed E-state index contributed by atoms with van der Waals surface area (Å²) in [5.74, 6) is 0. The summed E-state index contributed by atoms with van der Waals surface area (Å²) in [7, 11) is 0. The van der Waals surface area contributed by atoms with E-state index < -0.39 is 11.7 Å². The van der Waals surface area contributed by atoms with Crippen LogP contribution in [0, 0.1) is 0 Å². The van der Waals surface area contributed by atoms with Gasteiger partial charge in [0.2, 0.25) is 0 Å². The van der Waals surface area contributed by atoms with Crippen molar-refractivity contribution in [1.29, 1.82) is 0 Å². The van der Waals surface area contributed by atoms with Gasteiger partial charge in [-0.05, 0) is 38.0 Å². The normalized spacial score (nSPS) is 11.6. The monoisotopic (exact) mass is 591 g/mol. The van der Waals surface area contributed by atoms with Crippen LogP contribution >= 0.6 is 22.6 Å². The Kier molecular flexibility index (Phi) is 24.7. The molecule has 0 radical (unpaired) electrons. The van der Waals surface area contributed by atoms with Gasteiger partial charge in [0.25, 0.3) is 0 Å². The Morgan fingerprint density at radius 1 is 0.606 bits per heavy atom. The van der Waals surface area contributed by atoms with Crippen molar-refractivity contribution >= 4 is 28.7 Å². The van der Waals surface area contributed by atoms with Crippen molar-refractivity contribution in [3.63, 3.8) is 0 Å². The van der Waals surface area contributed by atoms with Crippen molar-refractivity contribution in [3.05, 3.63) is 0 Å². The van der Waals surface area contributed by atoms with E-state index in [1.165, 1.54) is 23.7 Å². The molecule has 0 atom stereocenters. The number of ether oxygens (including phenoxy) is 7. The van der Waals surface area contributed by atoms with Crippen molar-refractivity contribution in [3.8, 4) is 0 Å². The maximum absolute atomic E-state index is 11.4. The average Bonchev–Trinajstić information content (AvgIpc) is 2.75. The van der Waals surface area contributed by atoms with Gasteiger partial charge in [0, 0.05) is 13.2 Å². The van der Waals surface area contributed by atoms with Crippen LogP contribution in [-0.4, -0.2) is 102 Å². The van der Waals surface area contributed by atoms with Crippen molar-refractivity contribution < 1.29 is 38.0 Å². The fourth-order valence-corrected chi connectivity index (χ4v) is 2.93. The topological polar surface area (TPSA) is 93.7 Å². The fourth-order valence-electron chi connectivity index (χ4n) is 2.39. The predicted octanol–water partition coefficient (Wildman–Crippen LogP) is 3.61. The molecule has 0 saturated carbocycles. The molecular formula is C23H46INO8. The zero-order chi connectivity index (χ0) is 24.5. The number of amides is 1. The molecule has 10 heteroatoms. The maximum Gasteiger partial charge on any atom is 0.407 e. The van der Waals surface area contributed by atoms with E-state index in [1.54, 1.807) is 0 Å². The molecule has 0 bridgehead atoms. The van der Waals surface area contributed by atoms with Gasteiger partial charge in [0.05, 0.1) is 72.7 Å². The van der Waals surface area contributed by atoms with Crippen LogP contribution in [0.25, 0.3) is 0 Å². The highest BCUT2D eigenvalue weighted by molar-refractivity contribution is 14.1. The molecule has 0 aromatic heterocycles. The van der Waals surface area contributed by atoms with Gasteiger partial charge in [0.1, 0.15) is 5.60 Å². The first-order valence-electron chi connectivity index (χ1n) is 11.9. The summed E-state index contributed by atoms with van der Waals surface area (Å²) in [5, 5.41) is 2.63. The van der Waals surface area contributed by atoms with Crippen LogP contribution in [0.4, 0.5) is 4.79 Å². The van der Waals surface area contributed by atoms with Gasteiger partial charge < -0.3 is 38.5 Å². The maximum atomic E-state index is 11.4. The van der Waals surface area contributed by atoms with Gasteiger partial charge in [-0.3, -0.25) is 0 Å². The molecule has 0 aromatic carbocycles. The lowest BCUT2D eigenvalue weighted by Gasteiger charge is -2.19. The molecule has 0 heterocycles. The number of unbranched alkanes of at least 4 members (excludes halogenated alkanes) is 3. The van der Waals surface area contributed by atoms with Crippen molar-refractivity contribution in [2.45, 2.75) is 52.1 Å². The van der Waals surface area contributed by atoms with Crippen LogP contribution < -0.4 is 5.32 Å². The van der Waals surface area contributed by atoms with Crippen molar-refractivity contribution in [1.82, 2.24) is 5.32 Å². The molecule has 0 aliphatic heterocycles. The van der Waals surface area contributed by atoms with E-state index in [4.69, 9.17) is 33.2 Å². The Bertz CT molecular complexity index is 424. The summed E-state index contributed by atoms with van der Waals surface area (Å²) < 4.78 is 39.0. The van der Waals surface area contributed by atoms with Crippen LogP contribution in [0.2, 0.25) is 0 Å². The third-order valence-corrected chi connectivity index (χ3v) is 4.71. The van der Waals surface area contributed by atoms with Crippen molar-refractivity contribution in [2.75, 3.05) is 90.3 Å². The third kappa shape index (κ3) is 29.7. The molecule has 0 spiro atoms. The van der Waals surface area contributed by atoms with Gasteiger partial charge >= 0.3 is 6.09 Å². The number of carbonyl (C=O) groups excluding carboxylic acids is 1. The first kappa shape index (κ1) is 32.8. The number of rotatable bonds is 24. The standard InChI is InChI=1S/C23H46INO8/c1-23(2,3)33-22(26)25-9-11-28-13-15-30-17-19-32-21-20-31-18-16-29-14-12-27-10-7-5-4-6-8-24/h4-21H2,1-3H3,(H,25,26). The SMILES string of the molecule is CC(C)(C)OC(=O)NCCOCCOCCOCCOCCOCCOCCCCCCI. The van der Waals surface area contributed by atoms with E-state index in [9.17, 15) is 4.79 Å². The zero-order valence-corrected chi connectivity index (χ0v) is 23.0. The highest BCUT2D eigenvalue weighted by Gasteiger charge is 2.15. The van der Waals surface area contributed by atoms with Gasteiger partial charge in [-0.15, -0.1) is 0 Å². The molecule has 9 nitrogen and oxygen atoms in total. The fraction of sp³-hybridized carbons (Fsp3) is 0.957. The minimum atomic E-state index is -0.497. The summed E-state index contributed by atoms with van der Waals surface area (Å²) >= 11 is 2.42. The second kappa shape index (κ2) is 24.9. The Balaban J connectivity index is 3.10. The number of hydrogen-bond acceptors (Lipinski definition) is 8. The van der Waals surface area contributed by atoms with E-state index in [2.05, 4.69) is 27.9 Å². The Hall–Kier alpha value is -0.240. The first-order valence-corrected chi connectivity index (χ1v) is 13.5. The lowest BCUT2D eigenvalue weighted by atomic mass is 10.2. The quantitative estimate of drug-likeness (QED) is 0.103. The Morgan fingerprint density at radius 3 is 1.42 bits per heavy atom. The highest BCUT2D eigenvalue weighted by Crippen LogP contribution is 2.06. The highest BCUT2D eigenvalue weighted by atomic mass is 127. The number of hydrogen-bond donors (Lipinski definition) is 1. The van der Waals surface area contributed by atoms with Gasteiger partial charge in [0.15, 0.2) is 0 Å². The molecule has 0 aromatic rings. The lowest BCUT2D eigenvalue weighted by Crippen LogP contribution is -2.34. The summed E-state index contributed by atoms with van der Waals surface area (Å²) in [6, 6.07) is 0. The summed E-state index contributed by atoms with van der Waals surface area (Å²) in [6.45, 7) is 12.5. The molecule has 0 saturated heterocycles. The van der Waals surface area contributed by atoms with Gasteiger partial charge in [-0.2, -0.15) is 0 Å². The molecule has 0 aliphatic carbocycles. The minimum absolute atomic E-state index is 0.399. The number of nitrogens with one attached hydrogen (secondary N) is 1. The van der Waals surface area contributed by atoms with E-state index in [1.807, 2.05) is 20.8 Å². The number of carbonyl (C=O) groups is 1. The molecule has 1 N–H and O–H groups in total. The second-order valence-corrected chi connectivity index (χ2v) is 9.28. The van der Waals surface area contributed by atoms with E-state index in [-0.39, 0.29) is 0 Å². The van der Waals surface area contributed by atoms with E-state index >= 15 is 0 Å². The zero-order valence-electron chi connectivity index (χ0n) is 20.9. The third-order valence-electron chi connectivity index (χ3n) is 3.95. The van der Waals surface area contributed by atoms with Crippen molar-refractivity contribution in [2.24, 2.45) is 0 Å². The summed E-state index contributed by atoms with van der Waals surface area (Å²) in [4.78, 5) is 11.4. The van der Waals surface area contributed by atoms with E-state index in [0.717, 1.165) is 13.0 Å². The minimum Gasteiger partial charge on any atom is -0.444 e. The summed E-state index contributed by atoms with van der Waals surface area (Å²) in [5.41, 5.74) is -0.497. The van der Waals surface area contributed by atoms with Crippen LogP contribution in [0.3, 0.4) is 0 Å². The Labute approximate surface area is 214 Å². The second-order valence-electron chi connectivity index (χ2n) is 8.21. The van der Waals surface area contributed by atoms with Crippen LogP contribution in [0.15, 0.2) is 0 Å². The Morgan fingerprint density at radius 2 is 1.00 bits per heavy atom. The number of alkyl carbamates (subject to hydrolysis) is 1. The molecule has 0 aliphatic rings.